The first-order valence-corrected chi connectivity index (χ1v) is 5.59. The molecule has 1 N–H and O–H groups in total. The molecule has 0 fully saturated rings. The monoisotopic (exact) mass is 283 g/mol. The molecule has 0 saturated heterocycles. The lowest BCUT2D eigenvalue weighted by atomic mass is 10.2. The zero-order valence-corrected chi connectivity index (χ0v) is 10.5. The number of hydrogen-bond acceptors (Lipinski definition) is 3. The van der Waals surface area contributed by atoms with E-state index >= 15 is 0 Å². The predicted molar refractivity (Wildman–Crippen MR) is 66.1 cm³/mol. The number of carbonyl (C=O) groups is 1. The molecule has 7 heteroatoms. The zero-order valence-electron chi connectivity index (χ0n) is 9.75. The molecule has 0 spiro atoms. The van der Waals surface area contributed by atoms with E-state index in [0.29, 0.717) is 0 Å². The Morgan fingerprint density at radius 2 is 1.95 bits per heavy atom. The van der Waals surface area contributed by atoms with Gasteiger partial charge in [0.25, 0.3) is 5.91 Å². The summed E-state index contributed by atoms with van der Waals surface area (Å²) in [6.45, 7) is 1.43. The highest BCUT2D eigenvalue weighted by Crippen LogP contribution is 2.19. The smallest absolute Gasteiger partial charge is 0.275 e. The number of aryl methyl sites for hydroxylation is 1. The second-order valence-corrected chi connectivity index (χ2v) is 4.15. The Morgan fingerprint density at radius 3 is 2.58 bits per heavy atom. The molecule has 0 unspecified atom stereocenters. The van der Waals surface area contributed by atoms with Crippen molar-refractivity contribution in [3.63, 3.8) is 0 Å². The van der Waals surface area contributed by atoms with Crippen LogP contribution in [0.4, 0.5) is 14.5 Å². The van der Waals surface area contributed by atoms with Crippen molar-refractivity contribution in [2.75, 3.05) is 5.32 Å². The van der Waals surface area contributed by atoms with E-state index < -0.39 is 17.5 Å². The quantitative estimate of drug-likeness (QED) is 0.922. The molecule has 0 radical (unpaired) electrons. The van der Waals surface area contributed by atoms with E-state index in [1.807, 2.05) is 0 Å². The molecule has 0 saturated carbocycles. The number of hydrogen-bond donors (Lipinski definition) is 1. The van der Waals surface area contributed by atoms with E-state index in [2.05, 4.69) is 15.3 Å². The van der Waals surface area contributed by atoms with Gasteiger partial charge in [-0.1, -0.05) is 11.6 Å². The number of halogens is 3. The molecule has 1 heterocycles. The number of nitrogens with one attached hydrogen (secondary N) is 1. The van der Waals surface area contributed by atoms with Crippen LogP contribution < -0.4 is 5.32 Å². The third-order valence-electron chi connectivity index (χ3n) is 2.35. The predicted octanol–water partition coefficient (Wildman–Crippen LogP) is 2.97. The maximum absolute atomic E-state index is 13.5. The van der Waals surface area contributed by atoms with Gasteiger partial charge in [0, 0.05) is 6.07 Å². The van der Waals surface area contributed by atoms with Crippen LogP contribution >= 0.6 is 11.6 Å². The Hall–Kier alpha value is -2.08. The van der Waals surface area contributed by atoms with E-state index in [4.69, 9.17) is 11.6 Å². The number of anilines is 1. The van der Waals surface area contributed by atoms with Crippen LogP contribution in [-0.4, -0.2) is 15.9 Å². The van der Waals surface area contributed by atoms with Crippen LogP contribution in [0.3, 0.4) is 0 Å². The van der Waals surface area contributed by atoms with Gasteiger partial charge in [0.2, 0.25) is 0 Å². The second kappa shape index (κ2) is 5.27. The minimum atomic E-state index is -0.728. The lowest BCUT2D eigenvalue weighted by molar-refractivity contribution is 0.102. The molecule has 0 bridgehead atoms. The average molecular weight is 284 g/mol. The molecule has 1 aromatic carbocycles. The Bertz CT molecular complexity index is 632. The van der Waals surface area contributed by atoms with Gasteiger partial charge in [0.15, 0.2) is 0 Å². The van der Waals surface area contributed by atoms with E-state index in [-0.39, 0.29) is 22.1 Å². The summed E-state index contributed by atoms with van der Waals surface area (Å²) in [6.07, 6.45) is 2.32. The maximum Gasteiger partial charge on any atom is 0.275 e. The van der Waals surface area contributed by atoms with Crippen molar-refractivity contribution in [3.05, 3.63) is 52.6 Å². The fourth-order valence-corrected chi connectivity index (χ4v) is 1.46. The summed E-state index contributed by atoms with van der Waals surface area (Å²) < 4.78 is 26.8. The topological polar surface area (TPSA) is 54.9 Å². The molecule has 2 rings (SSSR count). The van der Waals surface area contributed by atoms with Crippen molar-refractivity contribution in [1.29, 1.82) is 0 Å². The average Bonchev–Trinajstić information content (AvgIpc) is 2.36. The number of amides is 1. The van der Waals surface area contributed by atoms with Crippen molar-refractivity contribution < 1.29 is 13.6 Å². The molecular weight excluding hydrogens is 276 g/mol. The van der Waals surface area contributed by atoms with E-state index in [9.17, 15) is 13.6 Å². The number of benzene rings is 1. The third-order valence-corrected chi connectivity index (χ3v) is 2.54. The summed E-state index contributed by atoms with van der Waals surface area (Å²) in [6, 6.07) is 1.91. The molecule has 1 amide bonds. The molecule has 98 valence electrons. The van der Waals surface area contributed by atoms with Crippen LogP contribution in [0.2, 0.25) is 5.15 Å². The van der Waals surface area contributed by atoms with Gasteiger partial charge in [0.05, 0.1) is 18.1 Å². The highest BCUT2D eigenvalue weighted by Gasteiger charge is 2.13. The van der Waals surface area contributed by atoms with E-state index in [1.165, 1.54) is 13.1 Å². The largest absolute Gasteiger partial charge is 0.318 e. The van der Waals surface area contributed by atoms with E-state index in [1.54, 1.807) is 0 Å². The maximum atomic E-state index is 13.5. The summed E-state index contributed by atoms with van der Waals surface area (Å²) in [5.74, 6) is -2.04. The number of aromatic nitrogens is 2. The fourth-order valence-electron chi connectivity index (χ4n) is 1.36. The van der Waals surface area contributed by atoms with Crippen molar-refractivity contribution in [3.8, 4) is 0 Å². The highest BCUT2D eigenvalue weighted by atomic mass is 35.5. The van der Waals surface area contributed by atoms with Gasteiger partial charge in [-0.05, 0) is 18.6 Å². The molecule has 4 nitrogen and oxygen atoms in total. The first kappa shape index (κ1) is 13.4. The van der Waals surface area contributed by atoms with E-state index in [0.717, 1.165) is 18.3 Å². The first-order valence-electron chi connectivity index (χ1n) is 5.22. The van der Waals surface area contributed by atoms with Crippen LogP contribution in [0.5, 0.6) is 0 Å². The molecule has 2 aromatic rings. The van der Waals surface area contributed by atoms with Crippen LogP contribution in [0.25, 0.3) is 0 Å². The van der Waals surface area contributed by atoms with Gasteiger partial charge in [-0.15, -0.1) is 0 Å². The minimum absolute atomic E-state index is 0.0511. The first-order chi connectivity index (χ1) is 8.97. The normalized spacial score (nSPS) is 10.3. The van der Waals surface area contributed by atoms with Gasteiger partial charge in [0.1, 0.15) is 22.5 Å². The molecule has 19 heavy (non-hydrogen) atoms. The number of rotatable bonds is 2. The van der Waals surface area contributed by atoms with Crippen LogP contribution in [0.15, 0.2) is 24.5 Å². The SMILES string of the molecule is Cc1cc(F)c(NC(=O)c2cnc(Cl)cn2)cc1F. The molecule has 0 aliphatic carbocycles. The van der Waals surface area contributed by atoms with Crippen LogP contribution in [0.1, 0.15) is 16.1 Å². The lowest BCUT2D eigenvalue weighted by Gasteiger charge is -2.07. The Balaban J connectivity index is 2.24. The third kappa shape index (κ3) is 3.03. The summed E-state index contributed by atoms with van der Waals surface area (Å²) >= 11 is 5.53. The summed E-state index contributed by atoms with van der Waals surface area (Å²) in [4.78, 5) is 19.1. The van der Waals surface area contributed by atoms with Gasteiger partial charge in [-0.2, -0.15) is 0 Å². The second-order valence-electron chi connectivity index (χ2n) is 3.76. The van der Waals surface area contributed by atoms with Crippen LogP contribution in [0, 0.1) is 18.6 Å². The molecule has 0 aliphatic rings. The van der Waals surface area contributed by atoms with Crippen LogP contribution in [-0.2, 0) is 0 Å². The summed E-state index contributed by atoms with van der Waals surface area (Å²) in [5, 5.41) is 2.34. The van der Waals surface area contributed by atoms with Gasteiger partial charge in [-0.3, -0.25) is 4.79 Å². The van der Waals surface area contributed by atoms with Gasteiger partial charge >= 0.3 is 0 Å². The Kier molecular flexibility index (Phi) is 3.71. The fraction of sp³-hybridized carbons (Fsp3) is 0.0833. The Morgan fingerprint density at radius 1 is 1.21 bits per heavy atom. The lowest BCUT2D eigenvalue weighted by Crippen LogP contribution is -2.15. The summed E-state index contributed by atoms with van der Waals surface area (Å²) in [7, 11) is 0. The van der Waals surface area contributed by atoms with Gasteiger partial charge in [-0.25, -0.2) is 18.7 Å². The number of carbonyl (C=O) groups excluding carboxylic acids is 1. The molecular formula is C12H8ClF2N3O. The minimum Gasteiger partial charge on any atom is -0.318 e. The van der Waals surface area contributed by atoms with Crippen molar-refractivity contribution >= 4 is 23.2 Å². The Labute approximate surface area is 112 Å². The van der Waals surface area contributed by atoms with Crippen molar-refractivity contribution in [1.82, 2.24) is 9.97 Å². The van der Waals surface area contributed by atoms with Crippen molar-refractivity contribution in [2.45, 2.75) is 6.92 Å². The van der Waals surface area contributed by atoms with Gasteiger partial charge < -0.3 is 5.32 Å². The number of nitrogens with zero attached hydrogens (tertiary/aromatic N) is 2. The summed E-state index contributed by atoms with van der Waals surface area (Å²) in [5.41, 5.74) is -0.156. The standard InChI is InChI=1S/C12H8ClF2N3O/c1-6-2-8(15)9(3-7(6)14)18-12(19)10-4-17-11(13)5-16-10/h2-5H,1H3,(H,18,19). The molecule has 0 atom stereocenters. The highest BCUT2D eigenvalue weighted by molar-refractivity contribution is 6.29. The molecule has 0 aliphatic heterocycles. The van der Waals surface area contributed by atoms with Crippen molar-refractivity contribution in [2.24, 2.45) is 0 Å². The zero-order chi connectivity index (χ0) is 14.0. The molecule has 1 aromatic heterocycles.